The van der Waals surface area contributed by atoms with Crippen molar-refractivity contribution in [3.8, 4) is 0 Å². The second-order valence-corrected chi connectivity index (χ2v) is 5.30. The van der Waals surface area contributed by atoms with Crippen LogP contribution in [0.15, 0.2) is 42.5 Å². The van der Waals surface area contributed by atoms with E-state index in [0.717, 1.165) is 16.7 Å². The van der Waals surface area contributed by atoms with E-state index in [1.165, 1.54) is 11.1 Å². The molecule has 2 heteroatoms. The first-order valence-electron chi connectivity index (χ1n) is 6.95. The minimum Gasteiger partial charge on any atom is -0.326 e. The summed E-state index contributed by atoms with van der Waals surface area (Å²) in [5.41, 5.74) is 11.3. The van der Waals surface area contributed by atoms with Crippen molar-refractivity contribution >= 4 is 5.78 Å². The lowest BCUT2D eigenvalue weighted by atomic mass is 9.96. The third-order valence-electron chi connectivity index (χ3n) is 3.62. The van der Waals surface area contributed by atoms with Crippen molar-refractivity contribution in [1.82, 2.24) is 0 Å². The molecule has 0 unspecified atom stereocenters. The van der Waals surface area contributed by atoms with E-state index >= 15 is 0 Å². The number of aryl methyl sites for hydroxylation is 2. The average molecular weight is 267 g/mol. The molecule has 0 aliphatic heterocycles. The Kier molecular flexibility index (Phi) is 4.70. The van der Waals surface area contributed by atoms with Gasteiger partial charge in [0, 0.05) is 19.4 Å². The molecule has 0 radical (unpaired) electrons. The molecule has 0 bridgehead atoms. The van der Waals surface area contributed by atoms with Gasteiger partial charge in [-0.1, -0.05) is 48.0 Å². The normalized spacial score (nSPS) is 10.6. The highest BCUT2D eigenvalue weighted by Gasteiger charge is 2.09. The smallest absolute Gasteiger partial charge is 0.141 e. The molecule has 0 aliphatic rings. The molecule has 2 nitrogen and oxygen atoms in total. The summed E-state index contributed by atoms with van der Waals surface area (Å²) in [4.78, 5) is 12.3. The highest BCUT2D eigenvalue weighted by atomic mass is 16.1. The van der Waals surface area contributed by atoms with E-state index in [-0.39, 0.29) is 5.78 Å². The minimum absolute atomic E-state index is 0.236. The quantitative estimate of drug-likeness (QED) is 0.904. The Morgan fingerprint density at radius 1 is 0.950 bits per heavy atom. The zero-order valence-corrected chi connectivity index (χ0v) is 12.1. The average Bonchev–Trinajstić information content (AvgIpc) is 2.43. The zero-order chi connectivity index (χ0) is 14.5. The van der Waals surface area contributed by atoms with E-state index in [0.29, 0.717) is 19.4 Å². The molecule has 2 N–H and O–H groups in total. The van der Waals surface area contributed by atoms with Crippen LogP contribution in [0.3, 0.4) is 0 Å². The monoisotopic (exact) mass is 267 g/mol. The van der Waals surface area contributed by atoms with Gasteiger partial charge in [-0.3, -0.25) is 4.79 Å². The van der Waals surface area contributed by atoms with E-state index in [9.17, 15) is 4.79 Å². The Morgan fingerprint density at radius 3 is 2.30 bits per heavy atom. The van der Waals surface area contributed by atoms with Gasteiger partial charge in [0.1, 0.15) is 5.78 Å². The number of nitrogens with two attached hydrogens (primary N) is 1. The van der Waals surface area contributed by atoms with Crippen LogP contribution in [0.5, 0.6) is 0 Å². The molecule has 0 heterocycles. The standard InChI is InChI=1S/C18H21NO/c1-13-7-8-14(2)17(9-13)11-18(20)10-15-5-3-4-6-16(15)12-19/h3-9H,10-12,19H2,1-2H3. The Balaban J connectivity index is 2.11. The molecule has 104 valence electrons. The Morgan fingerprint density at radius 2 is 1.60 bits per heavy atom. The first kappa shape index (κ1) is 14.5. The third kappa shape index (κ3) is 3.55. The summed E-state index contributed by atoms with van der Waals surface area (Å²) in [7, 11) is 0. The maximum atomic E-state index is 12.3. The number of carbonyl (C=O) groups is 1. The molecule has 20 heavy (non-hydrogen) atoms. The lowest BCUT2D eigenvalue weighted by molar-refractivity contribution is -0.117. The van der Waals surface area contributed by atoms with Crippen LogP contribution in [-0.2, 0) is 24.2 Å². The molecular weight excluding hydrogens is 246 g/mol. The van der Waals surface area contributed by atoms with Crippen molar-refractivity contribution in [2.45, 2.75) is 33.2 Å². The fourth-order valence-corrected chi connectivity index (χ4v) is 2.41. The van der Waals surface area contributed by atoms with Gasteiger partial charge in [0.2, 0.25) is 0 Å². The molecule has 0 saturated carbocycles. The fourth-order valence-electron chi connectivity index (χ4n) is 2.41. The number of hydrogen-bond acceptors (Lipinski definition) is 2. The molecule has 0 spiro atoms. The molecule has 0 aliphatic carbocycles. The SMILES string of the molecule is Cc1ccc(C)c(CC(=O)Cc2ccccc2CN)c1. The lowest BCUT2D eigenvalue weighted by Gasteiger charge is -2.09. The van der Waals surface area contributed by atoms with E-state index in [4.69, 9.17) is 5.73 Å². The summed E-state index contributed by atoms with van der Waals surface area (Å²) >= 11 is 0. The molecule has 0 fully saturated rings. The molecule has 0 amide bonds. The van der Waals surface area contributed by atoms with Crippen molar-refractivity contribution < 1.29 is 4.79 Å². The van der Waals surface area contributed by atoms with Gasteiger partial charge < -0.3 is 5.73 Å². The van der Waals surface area contributed by atoms with Crippen LogP contribution in [0, 0.1) is 13.8 Å². The maximum absolute atomic E-state index is 12.3. The number of benzene rings is 2. The predicted molar refractivity (Wildman–Crippen MR) is 82.7 cm³/mol. The topological polar surface area (TPSA) is 43.1 Å². The summed E-state index contributed by atoms with van der Waals surface area (Å²) in [6.07, 6.45) is 0.952. The van der Waals surface area contributed by atoms with Gasteiger partial charge in [0.25, 0.3) is 0 Å². The summed E-state index contributed by atoms with van der Waals surface area (Å²) in [5.74, 6) is 0.236. The summed E-state index contributed by atoms with van der Waals surface area (Å²) in [6, 6.07) is 14.1. The highest BCUT2D eigenvalue weighted by molar-refractivity contribution is 5.83. The summed E-state index contributed by atoms with van der Waals surface area (Å²) < 4.78 is 0. The van der Waals surface area contributed by atoms with Gasteiger partial charge in [-0.05, 0) is 36.1 Å². The third-order valence-corrected chi connectivity index (χ3v) is 3.62. The van der Waals surface area contributed by atoms with Gasteiger partial charge >= 0.3 is 0 Å². The summed E-state index contributed by atoms with van der Waals surface area (Å²) in [5, 5.41) is 0. The van der Waals surface area contributed by atoms with Crippen LogP contribution in [0.1, 0.15) is 27.8 Å². The predicted octanol–water partition coefficient (Wildman–Crippen LogP) is 3.12. The first-order valence-corrected chi connectivity index (χ1v) is 6.95. The van der Waals surface area contributed by atoms with Crippen LogP contribution >= 0.6 is 0 Å². The molecule has 2 aromatic carbocycles. The Hall–Kier alpha value is -1.93. The van der Waals surface area contributed by atoms with Crippen molar-refractivity contribution in [3.05, 3.63) is 70.3 Å². The van der Waals surface area contributed by atoms with Crippen LogP contribution in [0.4, 0.5) is 0 Å². The van der Waals surface area contributed by atoms with Crippen molar-refractivity contribution in [2.24, 2.45) is 5.73 Å². The van der Waals surface area contributed by atoms with Crippen LogP contribution in [0.25, 0.3) is 0 Å². The van der Waals surface area contributed by atoms with Gasteiger partial charge in [0.15, 0.2) is 0 Å². The van der Waals surface area contributed by atoms with Gasteiger partial charge in [0.05, 0.1) is 0 Å². The molecular formula is C18H21NO. The molecule has 0 saturated heterocycles. The summed E-state index contributed by atoms with van der Waals surface area (Å²) in [6.45, 7) is 4.58. The van der Waals surface area contributed by atoms with Gasteiger partial charge in [-0.2, -0.15) is 0 Å². The number of hydrogen-bond donors (Lipinski definition) is 1. The fraction of sp³-hybridized carbons (Fsp3) is 0.278. The molecule has 2 rings (SSSR count). The molecule has 0 atom stereocenters. The maximum Gasteiger partial charge on any atom is 0.141 e. The van der Waals surface area contributed by atoms with E-state index in [2.05, 4.69) is 32.0 Å². The number of carbonyl (C=O) groups excluding carboxylic acids is 1. The Labute approximate surface area is 120 Å². The van der Waals surface area contributed by atoms with E-state index < -0.39 is 0 Å². The van der Waals surface area contributed by atoms with Crippen molar-refractivity contribution in [1.29, 1.82) is 0 Å². The Bertz CT molecular complexity index is 617. The number of ketones is 1. The molecule has 2 aromatic rings. The van der Waals surface area contributed by atoms with E-state index in [1.54, 1.807) is 0 Å². The van der Waals surface area contributed by atoms with Crippen molar-refractivity contribution in [3.63, 3.8) is 0 Å². The van der Waals surface area contributed by atoms with Gasteiger partial charge in [-0.25, -0.2) is 0 Å². The van der Waals surface area contributed by atoms with Crippen LogP contribution < -0.4 is 5.73 Å². The number of rotatable bonds is 5. The van der Waals surface area contributed by atoms with Crippen LogP contribution in [0.2, 0.25) is 0 Å². The largest absolute Gasteiger partial charge is 0.326 e. The van der Waals surface area contributed by atoms with Gasteiger partial charge in [-0.15, -0.1) is 0 Å². The number of Topliss-reactive ketones (excluding diaryl/α,β-unsaturated/α-hetero) is 1. The zero-order valence-electron chi connectivity index (χ0n) is 12.1. The molecule has 0 aromatic heterocycles. The van der Waals surface area contributed by atoms with Crippen molar-refractivity contribution in [2.75, 3.05) is 0 Å². The van der Waals surface area contributed by atoms with E-state index in [1.807, 2.05) is 24.3 Å². The lowest BCUT2D eigenvalue weighted by Crippen LogP contribution is -2.11. The minimum atomic E-state index is 0.236. The second kappa shape index (κ2) is 6.49. The first-order chi connectivity index (χ1) is 9.60. The van der Waals surface area contributed by atoms with Crippen LogP contribution in [-0.4, -0.2) is 5.78 Å². The second-order valence-electron chi connectivity index (χ2n) is 5.30. The highest BCUT2D eigenvalue weighted by Crippen LogP contribution is 2.14.